The number of pyridine rings is 3. The highest BCUT2D eigenvalue weighted by molar-refractivity contribution is 5.98. The van der Waals surface area contributed by atoms with Crippen molar-refractivity contribution in [2.75, 3.05) is 0 Å². The first-order chi connectivity index (χ1) is 36.1. The molecule has 3 heterocycles. The van der Waals surface area contributed by atoms with Gasteiger partial charge in [0.05, 0.1) is 17.1 Å². The lowest BCUT2D eigenvalue weighted by Crippen LogP contribution is -1.95. The summed E-state index contributed by atoms with van der Waals surface area (Å²) >= 11 is 0. The molecule has 73 heavy (non-hydrogen) atoms. The fraction of sp³-hybridized carbons (Fsp3) is 0. The molecule has 3 aromatic heterocycles. The Kier molecular flexibility index (Phi) is 12.1. The Balaban J connectivity index is 1.07. The van der Waals surface area contributed by atoms with E-state index in [0.29, 0.717) is 0 Å². The number of phenolic OH excluding ortho intramolecular Hbond substituents is 1. The second-order valence-electron chi connectivity index (χ2n) is 18.1. The summed E-state index contributed by atoms with van der Waals surface area (Å²) in [5.74, 6) is 0.209. The molecule has 12 rings (SSSR count). The molecular formula is C69H47N3O. The molecule has 0 aliphatic rings. The van der Waals surface area contributed by atoms with Gasteiger partial charge in [-0.3, -0.25) is 15.0 Å². The highest BCUT2D eigenvalue weighted by Gasteiger charge is 2.20. The second kappa shape index (κ2) is 19.9. The van der Waals surface area contributed by atoms with Crippen LogP contribution in [0.15, 0.2) is 279 Å². The molecule has 0 unspecified atom stereocenters. The molecule has 0 bridgehead atoms. The largest absolute Gasteiger partial charge is 0.508 e. The number of phenols is 1. The van der Waals surface area contributed by atoms with E-state index >= 15 is 0 Å². The van der Waals surface area contributed by atoms with Crippen LogP contribution < -0.4 is 0 Å². The van der Waals surface area contributed by atoms with Crippen molar-refractivity contribution in [3.8, 4) is 129 Å². The zero-order valence-corrected chi connectivity index (χ0v) is 39.8. The van der Waals surface area contributed by atoms with Gasteiger partial charge in [-0.2, -0.15) is 0 Å². The van der Waals surface area contributed by atoms with Crippen LogP contribution in [0.2, 0.25) is 0 Å². The summed E-state index contributed by atoms with van der Waals surface area (Å²) in [6.45, 7) is 0. The fourth-order valence-corrected chi connectivity index (χ4v) is 10.00. The molecule has 4 heteroatoms. The van der Waals surface area contributed by atoms with Gasteiger partial charge in [-0.25, -0.2) is 0 Å². The highest BCUT2D eigenvalue weighted by Crippen LogP contribution is 2.45. The summed E-state index contributed by atoms with van der Waals surface area (Å²) in [7, 11) is 0. The van der Waals surface area contributed by atoms with E-state index in [2.05, 4.69) is 218 Å². The Morgan fingerprint density at radius 3 is 0.959 bits per heavy atom. The van der Waals surface area contributed by atoms with Gasteiger partial charge in [0.15, 0.2) is 0 Å². The Morgan fingerprint density at radius 2 is 0.548 bits per heavy atom. The number of aromatic nitrogens is 3. The fourth-order valence-electron chi connectivity index (χ4n) is 10.00. The average Bonchev–Trinajstić information content (AvgIpc) is 3.48. The summed E-state index contributed by atoms with van der Waals surface area (Å²) < 4.78 is 0. The number of nitrogens with zero attached hydrogens (tertiary/aromatic N) is 3. The molecule has 0 radical (unpaired) electrons. The monoisotopic (exact) mass is 933 g/mol. The molecule has 0 saturated carbocycles. The Hall–Kier alpha value is -9.77. The van der Waals surface area contributed by atoms with Crippen molar-refractivity contribution in [3.63, 3.8) is 0 Å². The van der Waals surface area contributed by atoms with Crippen molar-refractivity contribution >= 4 is 0 Å². The second-order valence-corrected chi connectivity index (χ2v) is 18.1. The average molecular weight is 934 g/mol. The lowest BCUT2D eigenvalue weighted by molar-refractivity contribution is 0.475. The number of benzene rings is 9. The molecule has 0 spiro atoms. The van der Waals surface area contributed by atoms with Crippen LogP contribution in [0, 0.1) is 0 Å². The van der Waals surface area contributed by atoms with E-state index < -0.39 is 0 Å². The number of rotatable bonds is 11. The van der Waals surface area contributed by atoms with Crippen molar-refractivity contribution in [1.29, 1.82) is 0 Å². The SMILES string of the molecule is Oc1cccc(-c2ccc(-c3ccccc3-c3cc(-c4ccccc4-c4cnc(-c5ccccc5)cc4-c4ccccc4)cc(-c4ccccc4-c4cnc(-c5ccccc5)cc4-c4ccccc4)c3)cn2)c1. The summed E-state index contributed by atoms with van der Waals surface area (Å²) in [5.41, 5.74) is 22.8. The quantitative estimate of drug-likeness (QED) is 0.140. The van der Waals surface area contributed by atoms with Crippen LogP contribution in [-0.4, -0.2) is 20.1 Å². The van der Waals surface area contributed by atoms with Crippen LogP contribution in [-0.2, 0) is 0 Å². The minimum Gasteiger partial charge on any atom is -0.508 e. The predicted octanol–water partition coefficient (Wildman–Crippen LogP) is 17.9. The molecule has 9 aromatic carbocycles. The Labute approximate surface area is 426 Å². The van der Waals surface area contributed by atoms with Crippen LogP contribution in [0.1, 0.15) is 0 Å². The van der Waals surface area contributed by atoms with Gasteiger partial charge in [-0.15, -0.1) is 0 Å². The molecule has 0 amide bonds. The summed E-state index contributed by atoms with van der Waals surface area (Å²) in [6, 6.07) is 90.9. The molecule has 1 N–H and O–H groups in total. The van der Waals surface area contributed by atoms with E-state index in [-0.39, 0.29) is 5.75 Å². The maximum Gasteiger partial charge on any atom is 0.116 e. The van der Waals surface area contributed by atoms with E-state index in [1.165, 1.54) is 0 Å². The van der Waals surface area contributed by atoms with Crippen molar-refractivity contribution in [2.45, 2.75) is 0 Å². The lowest BCUT2D eigenvalue weighted by atomic mass is 9.85. The van der Waals surface area contributed by atoms with Gasteiger partial charge in [-0.05, 0) is 121 Å². The van der Waals surface area contributed by atoms with Crippen LogP contribution in [0.25, 0.3) is 123 Å². The van der Waals surface area contributed by atoms with E-state index in [0.717, 1.165) is 123 Å². The van der Waals surface area contributed by atoms with Crippen LogP contribution in [0.3, 0.4) is 0 Å². The third kappa shape index (κ3) is 9.13. The van der Waals surface area contributed by atoms with Crippen LogP contribution >= 0.6 is 0 Å². The normalized spacial score (nSPS) is 11.1. The van der Waals surface area contributed by atoms with Gasteiger partial charge in [0, 0.05) is 52.0 Å². The molecule has 0 atom stereocenters. The van der Waals surface area contributed by atoms with Crippen molar-refractivity contribution in [1.82, 2.24) is 15.0 Å². The van der Waals surface area contributed by atoms with E-state index in [9.17, 15) is 5.11 Å². The van der Waals surface area contributed by atoms with Gasteiger partial charge in [0.1, 0.15) is 5.75 Å². The standard InChI is InChI=1S/C69H47N3O/c73-56-29-19-28-51(41-56)67-37-36-52(44-70-67)57-30-13-14-31-58(57)53-38-54(59-32-15-17-34-61(59)65-45-71-68(49-24-9-3-10-25-49)42-63(65)47-20-5-1-6-21-47)40-55(39-53)60-33-16-18-35-62(60)66-46-72-69(50-26-11-4-12-27-50)43-64(66)48-22-7-2-8-23-48/h1-46,73H. The first-order valence-corrected chi connectivity index (χ1v) is 24.5. The highest BCUT2D eigenvalue weighted by atomic mass is 16.3. The summed E-state index contributed by atoms with van der Waals surface area (Å²) in [6.07, 6.45) is 6.02. The van der Waals surface area contributed by atoms with Gasteiger partial charge in [0.25, 0.3) is 0 Å². The molecule has 344 valence electrons. The van der Waals surface area contributed by atoms with Crippen molar-refractivity contribution < 1.29 is 5.11 Å². The van der Waals surface area contributed by atoms with Gasteiger partial charge in [0.2, 0.25) is 0 Å². The molecule has 0 aliphatic heterocycles. The number of hydrogen-bond acceptors (Lipinski definition) is 4. The van der Waals surface area contributed by atoms with Crippen LogP contribution in [0.4, 0.5) is 0 Å². The third-order valence-electron chi connectivity index (χ3n) is 13.6. The minimum atomic E-state index is 0.209. The summed E-state index contributed by atoms with van der Waals surface area (Å²) in [4.78, 5) is 15.2. The smallest absolute Gasteiger partial charge is 0.116 e. The topological polar surface area (TPSA) is 58.9 Å². The van der Waals surface area contributed by atoms with E-state index in [1.807, 2.05) is 48.9 Å². The minimum absolute atomic E-state index is 0.209. The van der Waals surface area contributed by atoms with Gasteiger partial charge < -0.3 is 5.11 Å². The Morgan fingerprint density at radius 1 is 0.192 bits per heavy atom. The molecule has 12 aromatic rings. The number of hydrogen-bond donors (Lipinski definition) is 1. The predicted molar refractivity (Wildman–Crippen MR) is 301 cm³/mol. The molecule has 0 saturated heterocycles. The molecule has 0 aliphatic carbocycles. The van der Waals surface area contributed by atoms with Gasteiger partial charge >= 0.3 is 0 Å². The van der Waals surface area contributed by atoms with E-state index in [1.54, 1.807) is 12.1 Å². The molecular weight excluding hydrogens is 887 g/mol. The first-order valence-electron chi connectivity index (χ1n) is 24.5. The number of aromatic hydroxyl groups is 1. The first kappa shape index (κ1) is 44.4. The van der Waals surface area contributed by atoms with Gasteiger partial charge in [-0.1, -0.05) is 212 Å². The third-order valence-corrected chi connectivity index (χ3v) is 13.6. The molecule has 4 nitrogen and oxygen atoms in total. The summed E-state index contributed by atoms with van der Waals surface area (Å²) in [5, 5.41) is 10.2. The van der Waals surface area contributed by atoms with E-state index in [4.69, 9.17) is 15.0 Å². The lowest BCUT2D eigenvalue weighted by Gasteiger charge is -2.20. The van der Waals surface area contributed by atoms with Crippen molar-refractivity contribution in [3.05, 3.63) is 279 Å². The zero-order valence-electron chi connectivity index (χ0n) is 39.8. The zero-order chi connectivity index (χ0) is 48.9. The maximum atomic E-state index is 10.2. The van der Waals surface area contributed by atoms with Crippen LogP contribution in [0.5, 0.6) is 5.75 Å². The van der Waals surface area contributed by atoms with Crippen molar-refractivity contribution in [2.24, 2.45) is 0 Å². The Bertz CT molecular complexity index is 3710. The molecule has 0 fully saturated rings. The maximum absolute atomic E-state index is 10.2.